The first-order chi connectivity index (χ1) is 12.3. The topological polar surface area (TPSA) is 0 Å². The number of rotatable bonds is 6. The minimum Gasteiger partial charge on any atom is -0.147 e. The first-order valence-electron chi connectivity index (χ1n) is 11.3. The van der Waals surface area contributed by atoms with Crippen LogP contribution >= 0.6 is 24.8 Å². The van der Waals surface area contributed by atoms with E-state index >= 15 is 0 Å². The Kier molecular flexibility index (Phi) is 9.93. The molecule has 2 aliphatic rings. The predicted molar refractivity (Wildman–Crippen MR) is 151 cm³/mol. The summed E-state index contributed by atoms with van der Waals surface area (Å²) in [7, 11) is -0.0564. The molecule has 0 aromatic heterocycles. The molecule has 0 amide bonds. The van der Waals surface area contributed by atoms with Gasteiger partial charge < -0.3 is 0 Å². The summed E-state index contributed by atoms with van der Waals surface area (Å²) < 4.78 is 3.81. The Labute approximate surface area is 204 Å². The zero-order chi connectivity index (χ0) is 21.9. The van der Waals surface area contributed by atoms with Crippen LogP contribution in [0.1, 0.15) is 40.5 Å². The third kappa shape index (κ3) is 6.07. The molecule has 0 saturated heterocycles. The molecule has 0 N–H and O–H groups in total. The maximum Gasteiger partial charge on any atom is -0.147 e. The van der Waals surface area contributed by atoms with Crippen molar-refractivity contribution in [3.8, 4) is 0 Å². The van der Waals surface area contributed by atoms with E-state index in [9.17, 15) is 0 Å². The summed E-state index contributed by atoms with van der Waals surface area (Å²) in [6.07, 6.45) is 7.89. The Morgan fingerprint density at radius 1 is 0.700 bits per heavy atom. The van der Waals surface area contributed by atoms with Gasteiger partial charge in [-0.2, -0.15) is 0 Å². The average molecular weight is 540 g/mol. The van der Waals surface area contributed by atoms with Crippen LogP contribution in [0.15, 0.2) is 41.4 Å². The summed E-state index contributed by atoms with van der Waals surface area (Å²) in [6, 6.07) is 0. The summed E-state index contributed by atoms with van der Waals surface area (Å²) in [4.78, 5) is 0. The van der Waals surface area contributed by atoms with Gasteiger partial charge in [-0.1, -0.05) is 0 Å². The Morgan fingerprint density at radius 3 is 1.17 bits per heavy atom. The van der Waals surface area contributed by atoms with Crippen molar-refractivity contribution in [1.82, 2.24) is 0 Å². The van der Waals surface area contributed by atoms with Gasteiger partial charge in [-0.25, -0.2) is 0 Å². The third-order valence-electron chi connectivity index (χ3n) is 7.20. The van der Waals surface area contributed by atoms with Crippen LogP contribution in [0.4, 0.5) is 0 Å². The second kappa shape index (κ2) is 9.64. The average Bonchev–Trinajstić information content (AvgIpc) is 3.12. The van der Waals surface area contributed by atoms with Crippen molar-refractivity contribution >= 4 is 48.6 Å². The maximum atomic E-state index is 2.74. The molecule has 0 spiro atoms. The molecular weight excluding hydrogens is 491 g/mol. The van der Waals surface area contributed by atoms with Gasteiger partial charge in [-0.15, -0.1) is 24.8 Å². The number of hydrogen-bond acceptors (Lipinski definition) is 0. The molecule has 0 nitrogen and oxygen atoms in total. The van der Waals surface area contributed by atoms with Gasteiger partial charge in [0.2, 0.25) is 0 Å². The molecule has 6 heteroatoms. The van der Waals surface area contributed by atoms with Gasteiger partial charge in [0.25, 0.3) is 0 Å². The van der Waals surface area contributed by atoms with E-state index in [1.54, 1.807) is 21.5 Å². The van der Waals surface area contributed by atoms with E-state index < -0.39 is 30.2 Å². The first kappa shape index (κ1) is 30.9. The van der Waals surface area contributed by atoms with Crippen LogP contribution in [0.5, 0.6) is 0 Å². The molecule has 0 bridgehead atoms. The van der Waals surface area contributed by atoms with E-state index in [4.69, 9.17) is 0 Å². The van der Waals surface area contributed by atoms with Crippen LogP contribution in [0, 0.1) is 11.8 Å². The van der Waals surface area contributed by atoms with Crippen molar-refractivity contribution < 1.29 is 14.0 Å². The minimum absolute atomic E-state index is 0. The van der Waals surface area contributed by atoms with Crippen LogP contribution in [0.2, 0.25) is 49.7 Å². The van der Waals surface area contributed by atoms with Gasteiger partial charge in [-0.05, 0) is 0 Å². The number of halogens is 2. The van der Waals surface area contributed by atoms with Gasteiger partial charge in [0.05, 0.1) is 0 Å². The molecule has 30 heavy (non-hydrogen) atoms. The van der Waals surface area contributed by atoms with E-state index in [1.807, 2.05) is 7.76 Å². The van der Waals surface area contributed by atoms with Gasteiger partial charge in [0.1, 0.15) is 0 Å². The van der Waals surface area contributed by atoms with Gasteiger partial charge >= 0.3 is 181 Å². The Hall–Kier alpha value is 0.905. The van der Waals surface area contributed by atoms with Crippen molar-refractivity contribution in [2.45, 2.75) is 90.3 Å². The quantitative estimate of drug-likeness (QED) is 0.297. The molecule has 0 heterocycles. The van der Waals surface area contributed by atoms with Crippen molar-refractivity contribution in [3.05, 3.63) is 41.4 Å². The zero-order valence-corrected chi connectivity index (χ0v) is 28.4. The fourth-order valence-electron chi connectivity index (χ4n) is 4.91. The number of hydrogen-bond donors (Lipinski definition) is 0. The summed E-state index contributed by atoms with van der Waals surface area (Å²) in [5.74, 6) is 1.29. The van der Waals surface area contributed by atoms with Crippen LogP contribution in [0.25, 0.3) is 0 Å². The summed E-state index contributed by atoms with van der Waals surface area (Å²) in [6.45, 7) is 24.9. The molecule has 2 aliphatic carbocycles. The molecule has 0 saturated carbocycles. The standard InChI is InChI=1S/2C11H19Si.2CH3.2ClH.H2Si.Ti/c2*1-9(2)10-6-7-11(8-10)12(3,4)5;;;;;;/h2*8-9H,7H2,1-5H3;2*1H3;2*1H;1H2;. The Balaban J connectivity index is 0.00000420. The molecule has 0 atom stereocenters. The fraction of sp³-hybridized carbons (Fsp3) is 0.667. The van der Waals surface area contributed by atoms with E-state index in [0.717, 1.165) is 0 Å². The second-order valence-electron chi connectivity index (χ2n) is 13.1. The second-order valence-corrected chi connectivity index (χ2v) is 42.4. The molecule has 0 aromatic rings. The molecule has 0 unspecified atom stereocenters. The smallest absolute Gasteiger partial charge is 0.147 e. The van der Waals surface area contributed by atoms with E-state index in [0.29, 0.717) is 11.8 Å². The summed E-state index contributed by atoms with van der Waals surface area (Å²) in [5.41, 5.74) is 3.43. The van der Waals surface area contributed by atoms with Crippen molar-refractivity contribution in [2.24, 2.45) is 11.8 Å². The van der Waals surface area contributed by atoms with E-state index in [1.165, 1.54) is 12.8 Å². The van der Waals surface area contributed by atoms with Crippen molar-refractivity contribution in [2.75, 3.05) is 0 Å². The van der Waals surface area contributed by atoms with Gasteiger partial charge in [0, 0.05) is 0 Å². The number of allylic oxidation sites excluding steroid dienone is 8. The predicted octanol–water partition coefficient (Wildman–Crippen LogP) is 8.40. The van der Waals surface area contributed by atoms with Crippen LogP contribution in [-0.4, -0.2) is 23.8 Å². The Bertz CT molecular complexity index is 801. The molecule has 0 radical (unpaired) electrons. The van der Waals surface area contributed by atoms with Crippen LogP contribution in [0.3, 0.4) is 0 Å². The monoisotopic (exact) mass is 538 g/mol. The van der Waals surface area contributed by atoms with Gasteiger partial charge in [0.15, 0.2) is 0 Å². The largest absolute Gasteiger partial charge is 0.147 e. The Morgan fingerprint density at radius 2 is 0.967 bits per heavy atom. The van der Waals surface area contributed by atoms with Crippen LogP contribution in [-0.2, 0) is 14.0 Å². The molecule has 2 rings (SSSR count). The van der Waals surface area contributed by atoms with Gasteiger partial charge in [-0.3, -0.25) is 0 Å². The molecular formula is C24H48Cl2Si3Ti. The van der Waals surface area contributed by atoms with E-state index in [-0.39, 0.29) is 24.8 Å². The normalized spacial score (nSPS) is 18.6. The first-order valence-corrected chi connectivity index (χ1v) is 27.0. The van der Waals surface area contributed by atoms with Crippen molar-refractivity contribution in [1.29, 1.82) is 0 Å². The molecule has 0 aliphatic heterocycles. The van der Waals surface area contributed by atoms with Crippen molar-refractivity contribution in [3.63, 3.8) is 0 Å². The molecule has 0 aromatic carbocycles. The summed E-state index contributed by atoms with van der Waals surface area (Å²) in [5, 5.41) is 9.07. The fourth-order valence-corrected chi connectivity index (χ4v) is 17.7. The maximum absolute atomic E-state index is 2.95. The SMILES string of the molecule is CC(C)C1=[C]([Ti]([CH3])([CH3])(=[SiH2])[C]2=C(C(C)C)C=C([Si](C)(C)C)C2)CC([Si](C)(C)C)=C1.Cl.Cl. The molecule has 174 valence electrons. The third-order valence-corrected chi connectivity index (χ3v) is 22.7. The zero-order valence-electron chi connectivity index (χ0n) is 21.7. The van der Waals surface area contributed by atoms with Crippen LogP contribution < -0.4 is 0 Å². The summed E-state index contributed by atoms with van der Waals surface area (Å²) >= 11 is -2.95. The molecule has 0 fully saturated rings. The van der Waals surface area contributed by atoms with E-state index in [2.05, 4.69) is 97.2 Å². The minimum atomic E-state index is -2.95.